The Kier molecular flexibility index (Phi) is 4.71. The van der Waals surface area contributed by atoms with Crippen molar-refractivity contribution in [3.63, 3.8) is 0 Å². The molecule has 0 aromatic heterocycles. The van der Waals surface area contributed by atoms with E-state index in [0.717, 1.165) is 22.1 Å². The summed E-state index contributed by atoms with van der Waals surface area (Å²) in [6, 6.07) is 5.75. The molecule has 0 saturated heterocycles. The van der Waals surface area contributed by atoms with Crippen molar-refractivity contribution in [1.82, 2.24) is 0 Å². The van der Waals surface area contributed by atoms with Gasteiger partial charge in [0, 0.05) is 16.7 Å². The molecule has 94 valence electrons. The molecule has 0 aliphatic heterocycles. The van der Waals surface area contributed by atoms with Crippen LogP contribution in [0.2, 0.25) is 0 Å². The van der Waals surface area contributed by atoms with E-state index in [-0.39, 0.29) is 5.91 Å². The van der Waals surface area contributed by atoms with Gasteiger partial charge in [-0.05, 0) is 38.0 Å². The van der Waals surface area contributed by atoms with Crippen molar-refractivity contribution in [1.29, 1.82) is 0 Å². The van der Waals surface area contributed by atoms with Gasteiger partial charge in [-0.2, -0.15) is 0 Å². The van der Waals surface area contributed by atoms with E-state index in [0.29, 0.717) is 6.54 Å². The van der Waals surface area contributed by atoms with E-state index in [1.165, 1.54) is 0 Å². The predicted octanol–water partition coefficient (Wildman–Crippen LogP) is 3.07. The van der Waals surface area contributed by atoms with E-state index in [4.69, 9.17) is 5.73 Å². The van der Waals surface area contributed by atoms with Crippen LogP contribution in [0.25, 0.3) is 0 Å². The smallest absolute Gasteiger partial charge is 0.231 e. The molecule has 1 rings (SSSR count). The van der Waals surface area contributed by atoms with Gasteiger partial charge in [0.05, 0.1) is 5.41 Å². The van der Waals surface area contributed by atoms with E-state index >= 15 is 0 Å². The van der Waals surface area contributed by atoms with Crippen LogP contribution in [0.4, 0.5) is 5.69 Å². The largest absolute Gasteiger partial charge is 0.329 e. The first-order valence-electron chi connectivity index (χ1n) is 5.71. The molecule has 3 N–H and O–H groups in total. The van der Waals surface area contributed by atoms with Gasteiger partial charge in [-0.15, -0.1) is 0 Å². The average molecular weight is 299 g/mol. The molecule has 0 fully saturated rings. The zero-order chi connectivity index (χ0) is 13.1. The molecule has 0 spiro atoms. The maximum Gasteiger partial charge on any atom is 0.231 e. The van der Waals surface area contributed by atoms with Crippen LogP contribution in [0.1, 0.15) is 25.8 Å². The van der Waals surface area contributed by atoms with Crippen LogP contribution in [0.3, 0.4) is 0 Å². The van der Waals surface area contributed by atoms with Crippen LogP contribution in [-0.2, 0) is 4.79 Å². The summed E-state index contributed by atoms with van der Waals surface area (Å²) in [4.78, 5) is 12.2. The number of anilines is 1. The summed E-state index contributed by atoms with van der Waals surface area (Å²) in [5.74, 6) is -0.0244. The third kappa shape index (κ3) is 3.07. The Morgan fingerprint density at radius 1 is 1.53 bits per heavy atom. The summed E-state index contributed by atoms with van der Waals surface area (Å²) < 4.78 is 0.987. The number of hydrogen-bond donors (Lipinski definition) is 2. The second kappa shape index (κ2) is 5.65. The minimum atomic E-state index is -0.505. The monoisotopic (exact) mass is 298 g/mol. The number of benzene rings is 1. The number of nitrogens with one attached hydrogen (secondary N) is 1. The molecule has 1 aromatic carbocycles. The van der Waals surface area contributed by atoms with E-state index in [2.05, 4.69) is 21.2 Å². The molecule has 1 unspecified atom stereocenters. The minimum absolute atomic E-state index is 0.0244. The van der Waals surface area contributed by atoms with Crippen molar-refractivity contribution in [3.05, 3.63) is 28.2 Å². The molecule has 3 nitrogen and oxygen atoms in total. The minimum Gasteiger partial charge on any atom is -0.329 e. The van der Waals surface area contributed by atoms with Crippen molar-refractivity contribution >= 4 is 27.5 Å². The maximum absolute atomic E-state index is 12.2. The number of rotatable bonds is 4. The highest BCUT2D eigenvalue weighted by atomic mass is 79.9. The molecule has 0 aliphatic rings. The topological polar surface area (TPSA) is 55.1 Å². The summed E-state index contributed by atoms with van der Waals surface area (Å²) in [6.07, 6.45) is 0.725. The molecule has 0 saturated carbocycles. The van der Waals surface area contributed by atoms with Crippen LogP contribution < -0.4 is 11.1 Å². The summed E-state index contributed by atoms with van der Waals surface area (Å²) in [5, 5.41) is 2.94. The Morgan fingerprint density at radius 2 is 2.18 bits per heavy atom. The zero-order valence-electron chi connectivity index (χ0n) is 10.5. The van der Waals surface area contributed by atoms with Gasteiger partial charge < -0.3 is 11.1 Å². The van der Waals surface area contributed by atoms with Crippen molar-refractivity contribution in [2.75, 3.05) is 11.9 Å². The van der Waals surface area contributed by atoms with Gasteiger partial charge in [-0.1, -0.05) is 28.9 Å². The first-order chi connectivity index (χ1) is 7.94. The normalized spacial score (nSPS) is 14.2. The van der Waals surface area contributed by atoms with E-state index < -0.39 is 5.41 Å². The number of carbonyl (C=O) groups excluding carboxylic acids is 1. The quantitative estimate of drug-likeness (QED) is 0.897. The molecule has 0 heterocycles. The van der Waals surface area contributed by atoms with E-state index in [1.807, 2.05) is 39.0 Å². The summed E-state index contributed by atoms with van der Waals surface area (Å²) in [6.45, 7) is 6.17. The van der Waals surface area contributed by atoms with Crippen molar-refractivity contribution < 1.29 is 4.79 Å². The van der Waals surface area contributed by atoms with E-state index in [1.54, 1.807) is 0 Å². The number of amides is 1. The highest BCUT2D eigenvalue weighted by Gasteiger charge is 2.29. The third-order valence-electron chi connectivity index (χ3n) is 3.29. The van der Waals surface area contributed by atoms with Crippen LogP contribution >= 0.6 is 15.9 Å². The summed E-state index contributed by atoms with van der Waals surface area (Å²) in [7, 11) is 0. The second-order valence-corrected chi connectivity index (χ2v) is 5.34. The van der Waals surface area contributed by atoms with Gasteiger partial charge >= 0.3 is 0 Å². The lowest BCUT2D eigenvalue weighted by Crippen LogP contribution is -2.39. The Morgan fingerprint density at radius 3 is 2.71 bits per heavy atom. The van der Waals surface area contributed by atoms with Crippen molar-refractivity contribution in [3.8, 4) is 0 Å². The molecule has 0 bridgehead atoms. The molecule has 4 heteroatoms. The van der Waals surface area contributed by atoms with Gasteiger partial charge in [-0.25, -0.2) is 0 Å². The van der Waals surface area contributed by atoms with Crippen molar-refractivity contribution in [2.24, 2.45) is 11.1 Å². The highest BCUT2D eigenvalue weighted by molar-refractivity contribution is 9.10. The molecule has 1 amide bonds. The van der Waals surface area contributed by atoms with Gasteiger partial charge in [0.1, 0.15) is 0 Å². The standard InChI is InChI=1S/C13H19BrN2O/c1-4-13(3,8-15)12(17)16-11-7-5-6-10(14)9(11)2/h5-7H,4,8,15H2,1-3H3,(H,16,17). The van der Waals surface area contributed by atoms with Crippen molar-refractivity contribution in [2.45, 2.75) is 27.2 Å². The molecular weight excluding hydrogens is 280 g/mol. The van der Waals surface area contributed by atoms with Crippen LogP contribution in [0.5, 0.6) is 0 Å². The fourth-order valence-corrected chi connectivity index (χ4v) is 1.78. The van der Waals surface area contributed by atoms with Crippen LogP contribution in [-0.4, -0.2) is 12.5 Å². The predicted molar refractivity (Wildman–Crippen MR) is 75.0 cm³/mol. The molecule has 0 radical (unpaired) electrons. The highest BCUT2D eigenvalue weighted by Crippen LogP contribution is 2.26. The zero-order valence-corrected chi connectivity index (χ0v) is 12.1. The second-order valence-electron chi connectivity index (χ2n) is 4.48. The van der Waals surface area contributed by atoms with Gasteiger partial charge in [0.25, 0.3) is 0 Å². The first-order valence-corrected chi connectivity index (χ1v) is 6.50. The van der Waals surface area contributed by atoms with Gasteiger partial charge in [0.15, 0.2) is 0 Å². The molecule has 1 atom stereocenters. The average Bonchev–Trinajstić information content (AvgIpc) is 2.33. The summed E-state index contributed by atoms with van der Waals surface area (Å²) in [5.41, 5.74) is 7.02. The number of carbonyl (C=O) groups is 1. The Bertz CT molecular complexity index is 414. The maximum atomic E-state index is 12.2. The lowest BCUT2D eigenvalue weighted by Gasteiger charge is -2.25. The van der Waals surface area contributed by atoms with Gasteiger partial charge in [0.2, 0.25) is 5.91 Å². The fraction of sp³-hybridized carbons (Fsp3) is 0.462. The first kappa shape index (κ1) is 14.2. The van der Waals surface area contributed by atoms with E-state index in [9.17, 15) is 4.79 Å². The molecular formula is C13H19BrN2O. The lowest BCUT2D eigenvalue weighted by atomic mass is 9.86. The Labute approximate surface area is 111 Å². The fourth-order valence-electron chi connectivity index (χ4n) is 1.41. The Balaban J connectivity index is 2.92. The van der Waals surface area contributed by atoms with Gasteiger partial charge in [-0.3, -0.25) is 4.79 Å². The molecule has 0 aliphatic carbocycles. The number of nitrogens with two attached hydrogens (primary N) is 1. The van der Waals surface area contributed by atoms with Crippen LogP contribution in [0.15, 0.2) is 22.7 Å². The molecule has 17 heavy (non-hydrogen) atoms. The summed E-state index contributed by atoms with van der Waals surface area (Å²) >= 11 is 3.44. The van der Waals surface area contributed by atoms with Crippen LogP contribution in [0, 0.1) is 12.3 Å². The Hall–Kier alpha value is -0.870. The third-order valence-corrected chi connectivity index (χ3v) is 4.15. The SMILES string of the molecule is CCC(C)(CN)C(=O)Nc1cccc(Br)c1C. The lowest BCUT2D eigenvalue weighted by molar-refractivity contribution is -0.124. The number of halogens is 1. The number of hydrogen-bond acceptors (Lipinski definition) is 2. The molecule has 1 aromatic rings.